The topological polar surface area (TPSA) is 93.8 Å². The second-order valence-corrected chi connectivity index (χ2v) is 5.14. The first-order valence-electron chi connectivity index (χ1n) is 5.30. The van der Waals surface area contributed by atoms with Crippen LogP contribution in [0.1, 0.15) is 16.4 Å². The van der Waals surface area contributed by atoms with Crippen LogP contribution in [0.15, 0.2) is 5.38 Å². The number of anilines is 1. The van der Waals surface area contributed by atoms with Gasteiger partial charge in [0.2, 0.25) is 11.1 Å². The molecule has 0 radical (unpaired) electrons. The molecule has 0 aliphatic heterocycles. The van der Waals surface area contributed by atoms with Gasteiger partial charge in [0.1, 0.15) is 5.69 Å². The van der Waals surface area contributed by atoms with Gasteiger partial charge in [-0.3, -0.25) is 10.1 Å². The molecule has 2 aromatic heterocycles. The smallest absolute Gasteiger partial charge is 0.332 e. The molecule has 0 unspecified atom stereocenters. The van der Waals surface area contributed by atoms with Crippen LogP contribution in [0, 0.1) is 24.0 Å². The van der Waals surface area contributed by atoms with Crippen molar-refractivity contribution in [3.8, 4) is 0 Å². The largest absolute Gasteiger partial charge is 0.359 e. The summed E-state index contributed by atoms with van der Waals surface area (Å²) in [5.41, 5.74) is 0.850. The zero-order valence-electron chi connectivity index (χ0n) is 10.2. The van der Waals surface area contributed by atoms with Crippen molar-refractivity contribution in [2.24, 2.45) is 0 Å². The predicted octanol–water partition coefficient (Wildman–Crippen LogP) is 2.72. The van der Waals surface area contributed by atoms with Crippen LogP contribution in [0.3, 0.4) is 0 Å². The average molecular weight is 300 g/mol. The van der Waals surface area contributed by atoms with E-state index in [1.807, 2.05) is 12.3 Å². The molecule has 0 spiro atoms. The van der Waals surface area contributed by atoms with Gasteiger partial charge in [0, 0.05) is 5.38 Å². The van der Waals surface area contributed by atoms with E-state index in [9.17, 15) is 10.1 Å². The summed E-state index contributed by atoms with van der Waals surface area (Å²) in [5, 5.41) is 16.7. The van der Waals surface area contributed by atoms with E-state index in [1.54, 1.807) is 0 Å². The van der Waals surface area contributed by atoms with Crippen molar-refractivity contribution < 1.29 is 4.92 Å². The minimum absolute atomic E-state index is 0.0277. The Hall–Kier alpha value is -1.80. The van der Waals surface area contributed by atoms with E-state index >= 15 is 0 Å². The van der Waals surface area contributed by atoms with Crippen molar-refractivity contribution >= 4 is 34.4 Å². The van der Waals surface area contributed by atoms with Gasteiger partial charge in [-0.1, -0.05) is 0 Å². The fourth-order valence-electron chi connectivity index (χ4n) is 1.54. The number of halogens is 1. The molecule has 2 heterocycles. The first-order chi connectivity index (χ1) is 8.97. The Morgan fingerprint density at radius 1 is 1.42 bits per heavy atom. The van der Waals surface area contributed by atoms with Gasteiger partial charge >= 0.3 is 5.69 Å². The number of nitrogens with one attached hydrogen (secondary N) is 1. The molecule has 1 N–H and O–H groups in total. The molecule has 9 heteroatoms. The second kappa shape index (κ2) is 5.45. The fourth-order valence-corrected chi connectivity index (χ4v) is 2.36. The molecular weight excluding hydrogens is 290 g/mol. The van der Waals surface area contributed by atoms with E-state index in [-0.39, 0.29) is 22.5 Å². The van der Waals surface area contributed by atoms with Crippen LogP contribution in [0.4, 0.5) is 11.5 Å². The molecular formula is C10H10ClN5O2S. The number of nitro groups is 1. The van der Waals surface area contributed by atoms with Crippen LogP contribution >= 0.6 is 22.9 Å². The number of nitrogens with zero attached hydrogens (tertiary/aromatic N) is 4. The lowest BCUT2D eigenvalue weighted by Gasteiger charge is -2.06. The maximum Gasteiger partial charge on any atom is 0.332 e. The van der Waals surface area contributed by atoms with E-state index in [4.69, 9.17) is 11.6 Å². The Balaban J connectivity index is 2.26. The molecule has 0 atom stereocenters. The van der Waals surface area contributed by atoms with Crippen molar-refractivity contribution in [3.63, 3.8) is 0 Å². The van der Waals surface area contributed by atoms with Crippen LogP contribution in [0.25, 0.3) is 0 Å². The SMILES string of the molecule is Cc1nc(CNc2nc(Cl)nc(C)c2[N+](=O)[O-])cs1. The molecule has 2 rings (SSSR count). The third-order valence-electron chi connectivity index (χ3n) is 2.32. The summed E-state index contributed by atoms with van der Waals surface area (Å²) in [5.74, 6) is 0.105. The van der Waals surface area contributed by atoms with Gasteiger partial charge < -0.3 is 5.32 Å². The summed E-state index contributed by atoms with van der Waals surface area (Å²) < 4.78 is 0. The summed E-state index contributed by atoms with van der Waals surface area (Å²) in [4.78, 5) is 22.4. The first-order valence-corrected chi connectivity index (χ1v) is 6.56. The standard InChI is InChI=1S/C10H10ClN5O2S/c1-5-8(16(17)18)9(15-10(11)13-5)12-3-7-4-19-6(2)14-7/h4H,3H2,1-2H3,(H,12,13,15). The molecule has 0 bridgehead atoms. The number of hydrogen-bond acceptors (Lipinski definition) is 7. The Labute approximate surface area is 117 Å². The molecule has 0 saturated heterocycles. The third kappa shape index (κ3) is 3.15. The lowest BCUT2D eigenvalue weighted by Crippen LogP contribution is -2.08. The van der Waals surface area contributed by atoms with Gasteiger partial charge in [-0.25, -0.2) is 9.97 Å². The summed E-state index contributed by atoms with van der Waals surface area (Å²) in [6.07, 6.45) is 0. The highest BCUT2D eigenvalue weighted by molar-refractivity contribution is 7.09. The van der Waals surface area contributed by atoms with E-state index in [0.29, 0.717) is 6.54 Å². The van der Waals surface area contributed by atoms with Crippen molar-refractivity contribution in [2.75, 3.05) is 5.32 Å². The minimum Gasteiger partial charge on any atom is -0.359 e. The molecule has 7 nitrogen and oxygen atoms in total. The van der Waals surface area contributed by atoms with Crippen LogP contribution in [0.2, 0.25) is 5.28 Å². The molecule has 0 saturated carbocycles. The van der Waals surface area contributed by atoms with Crippen molar-refractivity contribution in [3.05, 3.63) is 37.2 Å². The highest BCUT2D eigenvalue weighted by Gasteiger charge is 2.21. The molecule has 0 aromatic carbocycles. The molecule has 2 aromatic rings. The van der Waals surface area contributed by atoms with Crippen molar-refractivity contribution in [1.29, 1.82) is 0 Å². The van der Waals surface area contributed by atoms with Gasteiger partial charge in [0.15, 0.2) is 0 Å². The van der Waals surface area contributed by atoms with Gasteiger partial charge in [-0.15, -0.1) is 11.3 Å². The van der Waals surface area contributed by atoms with Crippen LogP contribution in [-0.2, 0) is 6.54 Å². The fraction of sp³-hybridized carbons (Fsp3) is 0.300. The maximum atomic E-state index is 11.0. The molecule has 0 aliphatic carbocycles. The Bertz CT molecular complexity index is 630. The molecule has 0 fully saturated rings. The zero-order valence-corrected chi connectivity index (χ0v) is 11.7. The van der Waals surface area contributed by atoms with E-state index in [0.717, 1.165) is 10.7 Å². The summed E-state index contributed by atoms with van der Waals surface area (Å²) in [6, 6.07) is 0. The Kier molecular flexibility index (Phi) is 3.91. The predicted molar refractivity (Wildman–Crippen MR) is 72.6 cm³/mol. The number of thiazole rings is 1. The van der Waals surface area contributed by atoms with Crippen LogP contribution in [0.5, 0.6) is 0 Å². The molecule has 100 valence electrons. The van der Waals surface area contributed by atoms with E-state index in [2.05, 4.69) is 20.3 Å². The van der Waals surface area contributed by atoms with Crippen molar-refractivity contribution in [2.45, 2.75) is 20.4 Å². The Morgan fingerprint density at radius 3 is 2.74 bits per heavy atom. The van der Waals surface area contributed by atoms with Crippen molar-refractivity contribution in [1.82, 2.24) is 15.0 Å². The normalized spacial score (nSPS) is 10.5. The summed E-state index contributed by atoms with van der Waals surface area (Å²) in [6.45, 7) is 3.75. The lowest BCUT2D eigenvalue weighted by molar-refractivity contribution is -0.385. The molecule has 19 heavy (non-hydrogen) atoms. The number of aromatic nitrogens is 3. The third-order valence-corrected chi connectivity index (χ3v) is 3.31. The highest BCUT2D eigenvalue weighted by Crippen LogP contribution is 2.26. The first kappa shape index (κ1) is 13.6. The number of aryl methyl sites for hydroxylation is 2. The summed E-state index contributed by atoms with van der Waals surface area (Å²) in [7, 11) is 0. The highest BCUT2D eigenvalue weighted by atomic mass is 35.5. The molecule has 0 amide bonds. The lowest BCUT2D eigenvalue weighted by atomic mass is 10.3. The molecule has 0 aliphatic rings. The number of hydrogen-bond donors (Lipinski definition) is 1. The van der Waals surface area contributed by atoms with Gasteiger partial charge in [-0.2, -0.15) is 4.98 Å². The monoisotopic (exact) mass is 299 g/mol. The van der Waals surface area contributed by atoms with Crippen LogP contribution in [-0.4, -0.2) is 19.9 Å². The van der Waals surface area contributed by atoms with Gasteiger partial charge in [0.25, 0.3) is 0 Å². The quantitative estimate of drug-likeness (QED) is 0.530. The van der Waals surface area contributed by atoms with E-state index < -0.39 is 4.92 Å². The Morgan fingerprint density at radius 2 is 2.16 bits per heavy atom. The van der Waals surface area contributed by atoms with Gasteiger partial charge in [-0.05, 0) is 25.4 Å². The minimum atomic E-state index is -0.527. The zero-order chi connectivity index (χ0) is 14.0. The average Bonchev–Trinajstić information content (AvgIpc) is 2.71. The second-order valence-electron chi connectivity index (χ2n) is 3.74. The van der Waals surface area contributed by atoms with Crippen LogP contribution < -0.4 is 5.32 Å². The van der Waals surface area contributed by atoms with Gasteiger partial charge in [0.05, 0.1) is 22.2 Å². The number of rotatable bonds is 4. The summed E-state index contributed by atoms with van der Waals surface area (Å²) >= 11 is 7.23. The van der Waals surface area contributed by atoms with E-state index in [1.165, 1.54) is 18.3 Å². The maximum absolute atomic E-state index is 11.0.